The quantitative estimate of drug-likeness (QED) is 0.794. The fourth-order valence-electron chi connectivity index (χ4n) is 1.70. The molecule has 2 N–H and O–H groups in total. The molecule has 0 aliphatic heterocycles. The number of halogens is 3. The largest absolute Gasteiger partial charge is 0.477 e. The predicted molar refractivity (Wildman–Crippen MR) is 82.5 cm³/mol. The van der Waals surface area contributed by atoms with Crippen molar-refractivity contribution in [3.63, 3.8) is 0 Å². The van der Waals surface area contributed by atoms with Gasteiger partial charge < -0.3 is 10.4 Å². The lowest BCUT2D eigenvalue weighted by molar-refractivity contribution is 0.0702. The molecule has 0 atom stereocenters. The molecule has 0 unspecified atom stereocenters. The molecule has 0 spiro atoms. The van der Waals surface area contributed by atoms with Crippen LogP contribution in [0.2, 0.25) is 5.02 Å². The Labute approximate surface area is 132 Å². The van der Waals surface area contributed by atoms with Gasteiger partial charge in [0.2, 0.25) is 0 Å². The Bertz CT molecular complexity index is 651. The number of nitrogens with one attached hydrogen (secondary N) is 1. The van der Waals surface area contributed by atoms with E-state index < -0.39 is 11.8 Å². The van der Waals surface area contributed by atoms with E-state index in [0.29, 0.717) is 21.6 Å². The fraction of sp³-hybridized carbons (Fsp3) is 0.154. The van der Waals surface area contributed by atoms with Gasteiger partial charge in [-0.05, 0) is 46.6 Å². The van der Waals surface area contributed by atoms with Crippen molar-refractivity contribution < 1.29 is 14.3 Å². The molecule has 20 heavy (non-hydrogen) atoms. The van der Waals surface area contributed by atoms with Crippen LogP contribution in [0.3, 0.4) is 0 Å². The van der Waals surface area contributed by atoms with Gasteiger partial charge in [0.1, 0.15) is 10.7 Å². The van der Waals surface area contributed by atoms with Gasteiger partial charge in [0.25, 0.3) is 0 Å². The van der Waals surface area contributed by atoms with Crippen LogP contribution in [0.25, 0.3) is 0 Å². The van der Waals surface area contributed by atoms with E-state index in [1.165, 1.54) is 23.5 Å². The van der Waals surface area contributed by atoms with Crippen molar-refractivity contribution in [1.82, 2.24) is 0 Å². The number of rotatable bonds is 4. The Morgan fingerprint density at radius 1 is 1.50 bits per heavy atom. The third kappa shape index (κ3) is 3.31. The molecule has 0 fully saturated rings. The summed E-state index contributed by atoms with van der Waals surface area (Å²) in [5.74, 6) is -1.36. The first-order valence-electron chi connectivity index (χ1n) is 5.59. The molecule has 0 amide bonds. The second-order valence-corrected chi connectivity index (χ2v) is 6.61. The predicted octanol–water partition coefficient (Wildman–Crippen LogP) is 4.92. The summed E-state index contributed by atoms with van der Waals surface area (Å²) in [5.41, 5.74) is 1.45. The van der Waals surface area contributed by atoms with Crippen molar-refractivity contribution >= 4 is 50.5 Å². The highest BCUT2D eigenvalue weighted by molar-refractivity contribution is 9.10. The Hall–Kier alpha value is -1.11. The molecule has 1 heterocycles. The van der Waals surface area contributed by atoms with Gasteiger partial charge in [-0.2, -0.15) is 0 Å². The van der Waals surface area contributed by atoms with Crippen molar-refractivity contribution in [1.29, 1.82) is 0 Å². The van der Waals surface area contributed by atoms with E-state index in [1.54, 1.807) is 6.07 Å². The fourth-order valence-corrected chi connectivity index (χ4v) is 3.54. The average molecular weight is 379 g/mol. The molecule has 2 aromatic rings. The monoisotopic (exact) mass is 377 g/mol. The summed E-state index contributed by atoms with van der Waals surface area (Å²) in [5, 5.41) is 12.3. The zero-order valence-corrected chi connectivity index (χ0v) is 13.5. The molecule has 1 aromatic carbocycles. The molecule has 1 aromatic heterocycles. The van der Waals surface area contributed by atoms with Gasteiger partial charge in [0.05, 0.1) is 10.7 Å². The molecule has 7 heteroatoms. The SMILES string of the molecule is Cc1sc(C(=O)O)cc1CNc1c(Cl)cc(F)cc1Br. The van der Waals surface area contributed by atoms with E-state index in [-0.39, 0.29) is 5.02 Å². The minimum Gasteiger partial charge on any atom is -0.477 e. The van der Waals surface area contributed by atoms with Gasteiger partial charge in [-0.15, -0.1) is 11.3 Å². The second-order valence-electron chi connectivity index (χ2n) is 4.10. The number of carboxylic acids is 1. The smallest absolute Gasteiger partial charge is 0.345 e. The van der Waals surface area contributed by atoms with Gasteiger partial charge in [0, 0.05) is 15.9 Å². The molecule has 0 aliphatic rings. The van der Waals surface area contributed by atoms with E-state index in [0.717, 1.165) is 10.4 Å². The molecule has 0 aliphatic carbocycles. The van der Waals surface area contributed by atoms with Gasteiger partial charge in [-0.1, -0.05) is 11.6 Å². The molecule has 106 valence electrons. The van der Waals surface area contributed by atoms with Crippen molar-refractivity contribution in [2.45, 2.75) is 13.5 Å². The summed E-state index contributed by atoms with van der Waals surface area (Å²) < 4.78 is 13.6. The zero-order chi connectivity index (χ0) is 14.9. The lowest BCUT2D eigenvalue weighted by Gasteiger charge is -2.10. The van der Waals surface area contributed by atoms with Crippen molar-refractivity contribution in [2.24, 2.45) is 0 Å². The second kappa shape index (κ2) is 6.11. The van der Waals surface area contributed by atoms with E-state index in [9.17, 15) is 9.18 Å². The highest BCUT2D eigenvalue weighted by atomic mass is 79.9. The number of thiophene rings is 1. The highest BCUT2D eigenvalue weighted by Crippen LogP contribution is 2.32. The molecule has 0 radical (unpaired) electrons. The molecular weight excluding hydrogens is 369 g/mol. The van der Waals surface area contributed by atoms with Crippen LogP contribution in [-0.2, 0) is 6.54 Å². The average Bonchev–Trinajstić information content (AvgIpc) is 2.70. The number of aryl methyl sites for hydroxylation is 1. The molecule has 0 saturated heterocycles. The van der Waals surface area contributed by atoms with Crippen LogP contribution >= 0.6 is 38.9 Å². The van der Waals surface area contributed by atoms with Gasteiger partial charge in [-0.25, -0.2) is 9.18 Å². The van der Waals surface area contributed by atoms with Crippen molar-refractivity contribution in [2.75, 3.05) is 5.32 Å². The Kier molecular flexibility index (Phi) is 4.67. The summed E-state index contributed by atoms with van der Waals surface area (Å²) in [4.78, 5) is 12.1. The van der Waals surface area contributed by atoms with Crippen molar-refractivity contribution in [3.05, 3.63) is 48.8 Å². The molecule has 0 bridgehead atoms. The maximum Gasteiger partial charge on any atom is 0.345 e. The molecule has 3 nitrogen and oxygen atoms in total. The first-order chi connectivity index (χ1) is 9.38. The standard InChI is InChI=1S/C13H10BrClFNO2S/c1-6-7(2-11(20-6)13(18)19)5-17-12-9(14)3-8(16)4-10(12)15/h2-4,17H,5H2,1H3,(H,18,19). The van der Waals surface area contributed by atoms with Crippen LogP contribution in [0.4, 0.5) is 10.1 Å². The van der Waals surface area contributed by atoms with Crippen LogP contribution in [0.15, 0.2) is 22.7 Å². The van der Waals surface area contributed by atoms with Gasteiger partial charge in [-0.3, -0.25) is 0 Å². The number of benzene rings is 1. The minimum absolute atomic E-state index is 0.267. The third-order valence-electron chi connectivity index (χ3n) is 2.69. The number of hydrogen-bond acceptors (Lipinski definition) is 3. The summed E-state index contributed by atoms with van der Waals surface area (Å²) in [6.45, 7) is 2.27. The van der Waals surface area contributed by atoms with Gasteiger partial charge in [0.15, 0.2) is 0 Å². The summed E-state index contributed by atoms with van der Waals surface area (Å²) in [6, 6.07) is 4.16. The van der Waals surface area contributed by atoms with E-state index in [4.69, 9.17) is 16.7 Å². The Morgan fingerprint density at radius 3 is 2.75 bits per heavy atom. The van der Waals surface area contributed by atoms with Crippen LogP contribution in [0, 0.1) is 12.7 Å². The topological polar surface area (TPSA) is 49.3 Å². The van der Waals surface area contributed by atoms with Crippen LogP contribution in [0.5, 0.6) is 0 Å². The van der Waals surface area contributed by atoms with E-state index >= 15 is 0 Å². The first kappa shape index (κ1) is 15.3. The summed E-state index contributed by atoms with van der Waals surface area (Å²) in [7, 11) is 0. The zero-order valence-electron chi connectivity index (χ0n) is 10.3. The van der Waals surface area contributed by atoms with E-state index in [1.807, 2.05) is 6.92 Å². The minimum atomic E-state index is -0.939. The van der Waals surface area contributed by atoms with Crippen LogP contribution < -0.4 is 5.32 Å². The van der Waals surface area contributed by atoms with E-state index in [2.05, 4.69) is 21.2 Å². The number of hydrogen-bond donors (Lipinski definition) is 2. The number of aromatic carboxylic acids is 1. The Balaban J connectivity index is 2.19. The number of carbonyl (C=O) groups is 1. The maximum atomic E-state index is 13.1. The lowest BCUT2D eigenvalue weighted by Crippen LogP contribution is -2.01. The number of carboxylic acid groups (broad SMARTS) is 1. The normalized spacial score (nSPS) is 10.6. The van der Waals surface area contributed by atoms with Crippen LogP contribution in [0.1, 0.15) is 20.1 Å². The third-order valence-corrected chi connectivity index (χ3v) is 4.70. The summed E-state index contributed by atoms with van der Waals surface area (Å²) in [6.07, 6.45) is 0. The number of anilines is 1. The Morgan fingerprint density at radius 2 is 2.20 bits per heavy atom. The van der Waals surface area contributed by atoms with Crippen LogP contribution in [-0.4, -0.2) is 11.1 Å². The first-order valence-corrected chi connectivity index (χ1v) is 7.58. The molecular formula is C13H10BrClFNO2S. The van der Waals surface area contributed by atoms with Crippen molar-refractivity contribution in [3.8, 4) is 0 Å². The summed E-state index contributed by atoms with van der Waals surface area (Å²) >= 11 is 10.4. The van der Waals surface area contributed by atoms with Gasteiger partial charge >= 0.3 is 5.97 Å². The molecule has 0 saturated carbocycles. The highest BCUT2D eigenvalue weighted by Gasteiger charge is 2.12. The lowest BCUT2D eigenvalue weighted by atomic mass is 10.2. The maximum absolute atomic E-state index is 13.1. The molecule has 2 rings (SSSR count).